The summed E-state index contributed by atoms with van der Waals surface area (Å²) in [5.41, 5.74) is 1.92. The van der Waals surface area contributed by atoms with Crippen LogP contribution in [0.5, 0.6) is 5.75 Å². The minimum Gasteiger partial charge on any atom is -0.486 e. The number of hydrogen-bond donors (Lipinski definition) is 1. The Balaban J connectivity index is 1.90. The Bertz CT molecular complexity index is 1040. The van der Waals surface area contributed by atoms with E-state index in [0.29, 0.717) is 29.0 Å². The average Bonchev–Trinajstić information content (AvgIpc) is 2.68. The lowest BCUT2D eigenvalue weighted by atomic mass is 9.98. The van der Waals surface area contributed by atoms with Crippen LogP contribution in [0.25, 0.3) is 11.3 Å². The summed E-state index contributed by atoms with van der Waals surface area (Å²) in [5.74, 6) is -0.606. The van der Waals surface area contributed by atoms with Gasteiger partial charge in [0.15, 0.2) is 0 Å². The SMILES string of the molecule is CC(C)(Cc1ccccc1)Oc1ccc(-c2ncccc2C(=O)O)cc1C#N. The average molecular weight is 372 g/mol. The molecule has 0 aliphatic carbocycles. The molecular weight excluding hydrogens is 352 g/mol. The van der Waals surface area contributed by atoms with Gasteiger partial charge in [-0.15, -0.1) is 0 Å². The number of aromatic nitrogens is 1. The predicted molar refractivity (Wildman–Crippen MR) is 106 cm³/mol. The van der Waals surface area contributed by atoms with E-state index < -0.39 is 11.6 Å². The zero-order valence-corrected chi connectivity index (χ0v) is 15.7. The first-order valence-corrected chi connectivity index (χ1v) is 8.85. The van der Waals surface area contributed by atoms with Gasteiger partial charge in [0.2, 0.25) is 0 Å². The van der Waals surface area contributed by atoms with Crippen molar-refractivity contribution in [3.05, 3.63) is 83.6 Å². The number of rotatable bonds is 6. The predicted octanol–water partition coefficient (Wildman–Crippen LogP) is 4.72. The fraction of sp³-hybridized carbons (Fsp3) is 0.174. The standard InChI is InChI=1S/C23H20N2O3/c1-23(2,14-16-7-4-3-5-8-16)28-20-11-10-17(13-18(20)15-24)21-19(22(26)27)9-6-12-25-21/h3-13H,14H2,1-2H3,(H,26,27). The number of pyridine rings is 1. The van der Waals surface area contributed by atoms with E-state index in [1.54, 1.807) is 24.3 Å². The van der Waals surface area contributed by atoms with Crippen LogP contribution in [-0.2, 0) is 6.42 Å². The molecule has 0 aliphatic heterocycles. The van der Waals surface area contributed by atoms with Crippen LogP contribution in [0, 0.1) is 11.3 Å². The first-order chi connectivity index (χ1) is 13.4. The third-order valence-electron chi connectivity index (χ3n) is 4.27. The smallest absolute Gasteiger partial charge is 0.337 e. The van der Waals surface area contributed by atoms with Gasteiger partial charge in [0.05, 0.1) is 16.8 Å². The maximum absolute atomic E-state index is 11.4. The molecule has 0 aliphatic rings. The van der Waals surface area contributed by atoms with Gasteiger partial charge in [-0.3, -0.25) is 4.98 Å². The molecule has 1 aromatic heterocycles. The maximum Gasteiger partial charge on any atom is 0.337 e. The number of hydrogen-bond acceptors (Lipinski definition) is 4. The molecule has 0 bridgehead atoms. The van der Waals surface area contributed by atoms with E-state index in [1.807, 2.05) is 44.2 Å². The van der Waals surface area contributed by atoms with E-state index in [1.165, 1.54) is 12.3 Å². The van der Waals surface area contributed by atoms with Crippen LogP contribution >= 0.6 is 0 Å². The van der Waals surface area contributed by atoms with Crippen LogP contribution in [0.1, 0.15) is 35.3 Å². The molecule has 1 N–H and O–H groups in total. The second-order valence-electron chi connectivity index (χ2n) is 7.05. The Morgan fingerprint density at radius 1 is 1.14 bits per heavy atom. The van der Waals surface area contributed by atoms with Crippen LogP contribution in [0.3, 0.4) is 0 Å². The zero-order valence-electron chi connectivity index (χ0n) is 15.7. The number of benzene rings is 2. The summed E-state index contributed by atoms with van der Waals surface area (Å²) in [6.45, 7) is 3.94. The summed E-state index contributed by atoms with van der Waals surface area (Å²) in [5, 5.41) is 19.0. The summed E-state index contributed by atoms with van der Waals surface area (Å²) in [4.78, 5) is 15.6. The lowest BCUT2D eigenvalue weighted by molar-refractivity contribution is 0.0697. The van der Waals surface area contributed by atoms with Gasteiger partial charge in [0.1, 0.15) is 17.4 Å². The van der Waals surface area contributed by atoms with Crippen molar-refractivity contribution in [1.82, 2.24) is 4.98 Å². The highest BCUT2D eigenvalue weighted by molar-refractivity contribution is 5.94. The van der Waals surface area contributed by atoms with Crippen LogP contribution in [0.15, 0.2) is 66.9 Å². The van der Waals surface area contributed by atoms with Gasteiger partial charge in [-0.25, -0.2) is 4.79 Å². The summed E-state index contributed by atoms with van der Waals surface area (Å²) in [6, 6.07) is 20.2. The second-order valence-corrected chi connectivity index (χ2v) is 7.05. The summed E-state index contributed by atoms with van der Waals surface area (Å²) in [7, 11) is 0. The molecule has 140 valence electrons. The fourth-order valence-corrected chi connectivity index (χ4v) is 3.08. The molecule has 0 atom stereocenters. The lowest BCUT2D eigenvalue weighted by Crippen LogP contribution is -2.31. The highest BCUT2D eigenvalue weighted by atomic mass is 16.5. The molecule has 0 spiro atoms. The molecule has 0 saturated heterocycles. The number of carbonyl (C=O) groups is 1. The third kappa shape index (κ3) is 4.36. The second kappa shape index (κ2) is 7.93. The van der Waals surface area contributed by atoms with Crippen molar-refractivity contribution in [2.75, 3.05) is 0 Å². The van der Waals surface area contributed by atoms with Crippen LogP contribution < -0.4 is 4.74 Å². The number of ether oxygens (including phenoxy) is 1. The highest BCUT2D eigenvalue weighted by Gasteiger charge is 2.23. The molecule has 0 unspecified atom stereocenters. The Labute approximate surface area is 163 Å². The van der Waals surface area contributed by atoms with Gasteiger partial charge < -0.3 is 9.84 Å². The molecule has 5 heteroatoms. The third-order valence-corrected chi connectivity index (χ3v) is 4.27. The van der Waals surface area contributed by atoms with E-state index in [4.69, 9.17) is 4.74 Å². The van der Waals surface area contributed by atoms with Gasteiger partial charge >= 0.3 is 5.97 Å². The number of carboxylic acid groups (broad SMARTS) is 1. The molecule has 1 heterocycles. The normalized spacial score (nSPS) is 10.9. The summed E-state index contributed by atoms with van der Waals surface area (Å²) < 4.78 is 6.14. The molecule has 28 heavy (non-hydrogen) atoms. The van der Waals surface area contributed by atoms with Crippen LogP contribution in [0.2, 0.25) is 0 Å². The van der Waals surface area contributed by atoms with Gasteiger partial charge in [-0.1, -0.05) is 30.3 Å². The van der Waals surface area contributed by atoms with Crippen molar-refractivity contribution in [1.29, 1.82) is 5.26 Å². The van der Waals surface area contributed by atoms with Crippen molar-refractivity contribution in [2.24, 2.45) is 0 Å². The molecule has 2 aromatic carbocycles. The van der Waals surface area contributed by atoms with E-state index in [2.05, 4.69) is 11.1 Å². The molecule has 3 aromatic rings. The molecule has 5 nitrogen and oxygen atoms in total. The van der Waals surface area contributed by atoms with E-state index in [-0.39, 0.29) is 5.56 Å². The highest BCUT2D eigenvalue weighted by Crippen LogP contribution is 2.30. The van der Waals surface area contributed by atoms with Gasteiger partial charge in [0, 0.05) is 18.2 Å². The van der Waals surface area contributed by atoms with Gasteiger partial charge in [-0.2, -0.15) is 5.26 Å². The zero-order chi connectivity index (χ0) is 20.1. The van der Waals surface area contributed by atoms with Crippen LogP contribution in [0.4, 0.5) is 0 Å². The molecule has 0 saturated carbocycles. The van der Waals surface area contributed by atoms with Crippen molar-refractivity contribution < 1.29 is 14.6 Å². The number of nitrogens with zero attached hydrogens (tertiary/aromatic N) is 2. The lowest BCUT2D eigenvalue weighted by Gasteiger charge is -2.27. The number of aromatic carboxylic acids is 1. The van der Waals surface area contributed by atoms with Crippen molar-refractivity contribution in [2.45, 2.75) is 25.9 Å². The Hall–Kier alpha value is -3.65. The number of carboxylic acids is 1. The molecule has 3 rings (SSSR count). The first-order valence-electron chi connectivity index (χ1n) is 8.85. The van der Waals surface area contributed by atoms with Gasteiger partial charge in [0.25, 0.3) is 0 Å². The maximum atomic E-state index is 11.4. The fourth-order valence-electron chi connectivity index (χ4n) is 3.08. The molecule has 0 fully saturated rings. The van der Waals surface area contributed by atoms with E-state index >= 15 is 0 Å². The number of nitriles is 1. The van der Waals surface area contributed by atoms with Crippen molar-refractivity contribution in [3.8, 4) is 23.1 Å². The quantitative estimate of drug-likeness (QED) is 0.677. The first kappa shape index (κ1) is 19.1. The van der Waals surface area contributed by atoms with Gasteiger partial charge in [-0.05, 0) is 49.7 Å². The molecule has 0 radical (unpaired) electrons. The van der Waals surface area contributed by atoms with Crippen molar-refractivity contribution >= 4 is 5.97 Å². The van der Waals surface area contributed by atoms with E-state index in [9.17, 15) is 15.2 Å². The molecule has 0 amide bonds. The van der Waals surface area contributed by atoms with Crippen LogP contribution in [-0.4, -0.2) is 21.7 Å². The molecular formula is C23H20N2O3. The largest absolute Gasteiger partial charge is 0.486 e. The summed E-state index contributed by atoms with van der Waals surface area (Å²) >= 11 is 0. The van der Waals surface area contributed by atoms with E-state index in [0.717, 1.165) is 5.56 Å². The summed E-state index contributed by atoms with van der Waals surface area (Å²) in [6.07, 6.45) is 2.21. The minimum absolute atomic E-state index is 0.0875. The topological polar surface area (TPSA) is 83.2 Å². The Kier molecular flexibility index (Phi) is 5.42. The Morgan fingerprint density at radius 2 is 1.89 bits per heavy atom. The van der Waals surface area contributed by atoms with Crippen molar-refractivity contribution in [3.63, 3.8) is 0 Å². The minimum atomic E-state index is -1.06. The monoisotopic (exact) mass is 372 g/mol. The Morgan fingerprint density at radius 3 is 2.57 bits per heavy atom.